The number of amides is 2. The highest BCUT2D eigenvalue weighted by atomic mass is 32.2. The Kier molecular flexibility index (Phi) is 7.49. The number of thioether (sulfide) groups is 1. The Labute approximate surface area is 182 Å². The normalized spacial score (nSPS) is 15.8. The van der Waals surface area contributed by atoms with Crippen molar-refractivity contribution < 1.29 is 9.59 Å². The van der Waals surface area contributed by atoms with Crippen molar-refractivity contribution in [1.82, 2.24) is 29.9 Å². The van der Waals surface area contributed by atoms with Gasteiger partial charge in [-0.25, -0.2) is 0 Å². The molecule has 162 valence electrons. The summed E-state index contributed by atoms with van der Waals surface area (Å²) in [5.41, 5.74) is 1.66. The number of hydrogen-bond acceptors (Lipinski definition) is 6. The number of carbonyl (C=O) groups excluding carboxylic acids is 2. The van der Waals surface area contributed by atoms with Crippen LogP contribution in [0.2, 0.25) is 0 Å². The molecule has 0 spiro atoms. The Hall–Kier alpha value is -2.39. The van der Waals surface area contributed by atoms with E-state index in [1.807, 2.05) is 48.4 Å². The zero-order valence-electron chi connectivity index (χ0n) is 18.1. The van der Waals surface area contributed by atoms with Gasteiger partial charge in [0.2, 0.25) is 5.91 Å². The monoisotopic (exact) mass is 430 g/mol. The first kappa shape index (κ1) is 22.3. The molecule has 1 N–H and O–H groups in total. The smallest absolute Gasteiger partial charge is 0.251 e. The fourth-order valence-electron chi connectivity index (χ4n) is 3.43. The van der Waals surface area contributed by atoms with E-state index in [0.29, 0.717) is 28.8 Å². The highest BCUT2D eigenvalue weighted by molar-refractivity contribution is 7.99. The lowest BCUT2D eigenvalue weighted by Crippen LogP contribution is -2.47. The van der Waals surface area contributed by atoms with Crippen molar-refractivity contribution in [3.05, 3.63) is 41.2 Å². The summed E-state index contributed by atoms with van der Waals surface area (Å²) in [6.45, 7) is 9.88. The van der Waals surface area contributed by atoms with Gasteiger partial charge in [-0.3, -0.25) is 9.59 Å². The minimum Gasteiger partial charge on any atom is -0.342 e. The maximum atomic E-state index is 12.6. The summed E-state index contributed by atoms with van der Waals surface area (Å²) in [5, 5.41) is 12.3. The molecule has 0 unspecified atom stereocenters. The average molecular weight is 431 g/mol. The van der Waals surface area contributed by atoms with Crippen LogP contribution in [0.25, 0.3) is 0 Å². The molecule has 1 aromatic heterocycles. The van der Waals surface area contributed by atoms with Crippen LogP contribution in [-0.2, 0) is 11.3 Å². The molecule has 0 aliphatic carbocycles. The molecule has 0 radical (unpaired) electrons. The number of aromatic nitrogens is 3. The summed E-state index contributed by atoms with van der Waals surface area (Å²) in [5.74, 6) is 1.01. The summed E-state index contributed by atoms with van der Waals surface area (Å²) in [4.78, 5) is 29.2. The largest absolute Gasteiger partial charge is 0.342 e. The van der Waals surface area contributed by atoms with Crippen molar-refractivity contribution >= 4 is 23.6 Å². The predicted molar refractivity (Wildman–Crippen MR) is 118 cm³/mol. The fraction of sp³-hybridized carbons (Fsp3) is 0.524. The molecule has 2 heterocycles. The molecule has 1 aliphatic heterocycles. The van der Waals surface area contributed by atoms with Gasteiger partial charge in [0.25, 0.3) is 5.91 Å². The van der Waals surface area contributed by atoms with Gasteiger partial charge in [0.15, 0.2) is 11.0 Å². The minimum absolute atomic E-state index is 0.126. The van der Waals surface area contributed by atoms with Crippen molar-refractivity contribution in [2.45, 2.75) is 38.5 Å². The topological polar surface area (TPSA) is 83.4 Å². The van der Waals surface area contributed by atoms with Crippen LogP contribution in [0.5, 0.6) is 0 Å². The zero-order chi connectivity index (χ0) is 21.7. The van der Waals surface area contributed by atoms with Crippen LogP contribution in [0.1, 0.15) is 41.6 Å². The van der Waals surface area contributed by atoms with E-state index in [1.165, 1.54) is 11.8 Å². The molecule has 1 aliphatic rings. The van der Waals surface area contributed by atoms with Crippen LogP contribution >= 0.6 is 11.8 Å². The molecular weight excluding hydrogens is 400 g/mol. The fourth-order valence-corrected chi connectivity index (χ4v) is 4.34. The molecule has 1 atom stereocenters. The third-order valence-corrected chi connectivity index (χ3v) is 6.21. The van der Waals surface area contributed by atoms with E-state index < -0.39 is 0 Å². The third kappa shape index (κ3) is 5.40. The van der Waals surface area contributed by atoms with Crippen LogP contribution in [0, 0.1) is 6.92 Å². The second-order valence-corrected chi connectivity index (χ2v) is 8.56. The van der Waals surface area contributed by atoms with Crippen molar-refractivity contribution in [2.75, 3.05) is 39.0 Å². The number of carbonyl (C=O) groups is 2. The number of aryl methyl sites for hydroxylation is 1. The lowest BCUT2D eigenvalue weighted by molar-refractivity contribution is -0.129. The summed E-state index contributed by atoms with van der Waals surface area (Å²) >= 11 is 1.40. The van der Waals surface area contributed by atoms with E-state index in [2.05, 4.69) is 27.5 Å². The van der Waals surface area contributed by atoms with E-state index in [1.54, 1.807) is 6.07 Å². The van der Waals surface area contributed by atoms with Gasteiger partial charge in [0.05, 0.1) is 11.8 Å². The number of nitrogens with zero attached hydrogens (tertiary/aromatic N) is 5. The molecule has 30 heavy (non-hydrogen) atoms. The van der Waals surface area contributed by atoms with Crippen molar-refractivity contribution in [1.29, 1.82) is 0 Å². The molecule has 9 heteroatoms. The first-order chi connectivity index (χ1) is 14.4. The average Bonchev–Trinajstić information content (AvgIpc) is 3.15. The van der Waals surface area contributed by atoms with E-state index in [-0.39, 0.29) is 17.9 Å². The van der Waals surface area contributed by atoms with Gasteiger partial charge < -0.3 is 19.7 Å². The van der Waals surface area contributed by atoms with Crippen LogP contribution in [0.3, 0.4) is 0 Å². The molecule has 8 nitrogen and oxygen atoms in total. The van der Waals surface area contributed by atoms with E-state index >= 15 is 0 Å². The molecule has 0 bridgehead atoms. The van der Waals surface area contributed by atoms with Crippen LogP contribution in [-0.4, -0.2) is 75.4 Å². The van der Waals surface area contributed by atoms with Crippen LogP contribution in [0.15, 0.2) is 29.4 Å². The summed E-state index contributed by atoms with van der Waals surface area (Å²) in [6, 6.07) is 7.19. The predicted octanol–water partition coefficient (Wildman–Crippen LogP) is 1.96. The van der Waals surface area contributed by atoms with Gasteiger partial charge in [0, 0.05) is 38.3 Å². The zero-order valence-corrected chi connectivity index (χ0v) is 18.9. The molecule has 1 aromatic carbocycles. The molecule has 1 fully saturated rings. The van der Waals surface area contributed by atoms with Gasteiger partial charge in [0.1, 0.15) is 0 Å². The molecule has 0 saturated carbocycles. The first-order valence-corrected chi connectivity index (χ1v) is 11.3. The van der Waals surface area contributed by atoms with Gasteiger partial charge in [-0.05, 0) is 40.0 Å². The SMILES string of the molecule is CCn1c(SCC(=O)N2CCN(C)CC2)nnc1[C@@H](C)NC(=O)c1cccc(C)c1. The summed E-state index contributed by atoms with van der Waals surface area (Å²) < 4.78 is 1.96. The van der Waals surface area contributed by atoms with Gasteiger partial charge in [-0.15, -0.1) is 10.2 Å². The second-order valence-electron chi connectivity index (χ2n) is 7.62. The van der Waals surface area contributed by atoms with E-state index in [9.17, 15) is 9.59 Å². The maximum absolute atomic E-state index is 12.6. The number of rotatable bonds is 7. The lowest BCUT2D eigenvalue weighted by Gasteiger charge is -2.32. The van der Waals surface area contributed by atoms with Crippen molar-refractivity contribution in [3.63, 3.8) is 0 Å². The Morgan fingerprint density at radius 1 is 1.20 bits per heavy atom. The molecule has 2 amide bonds. The highest BCUT2D eigenvalue weighted by Gasteiger charge is 2.22. The van der Waals surface area contributed by atoms with Gasteiger partial charge in [-0.1, -0.05) is 29.5 Å². The Balaban J connectivity index is 1.61. The molecule has 1 saturated heterocycles. The standard InChI is InChI=1S/C21H30N6O2S/c1-5-27-19(16(3)22-20(29)17-8-6-7-15(2)13-17)23-24-21(27)30-14-18(28)26-11-9-25(4)10-12-26/h6-8,13,16H,5,9-12,14H2,1-4H3,(H,22,29)/t16-/m1/s1. The van der Waals surface area contributed by atoms with Crippen molar-refractivity contribution in [2.24, 2.45) is 0 Å². The van der Waals surface area contributed by atoms with Gasteiger partial charge in [-0.2, -0.15) is 0 Å². The number of likely N-dealkylation sites (N-methyl/N-ethyl adjacent to an activating group) is 1. The molecule has 2 aromatic rings. The number of piperazine rings is 1. The summed E-state index contributed by atoms with van der Waals surface area (Å²) in [6.07, 6.45) is 0. The quantitative estimate of drug-likeness (QED) is 0.676. The highest BCUT2D eigenvalue weighted by Crippen LogP contribution is 2.21. The first-order valence-electron chi connectivity index (χ1n) is 10.3. The lowest BCUT2D eigenvalue weighted by atomic mass is 10.1. The maximum Gasteiger partial charge on any atom is 0.251 e. The molecule has 3 rings (SSSR count). The summed E-state index contributed by atoms with van der Waals surface area (Å²) in [7, 11) is 2.07. The number of benzene rings is 1. The molecular formula is C21H30N6O2S. The van der Waals surface area contributed by atoms with E-state index in [4.69, 9.17) is 0 Å². The Morgan fingerprint density at radius 3 is 2.60 bits per heavy atom. The number of hydrogen-bond donors (Lipinski definition) is 1. The third-order valence-electron chi connectivity index (χ3n) is 5.26. The van der Waals surface area contributed by atoms with Gasteiger partial charge >= 0.3 is 0 Å². The number of nitrogens with one attached hydrogen (secondary N) is 1. The van der Waals surface area contributed by atoms with Crippen molar-refractivity contribution in [3.8, 4) is 0 Å². The van der Waals surface area contributed by atoms with E-state index in [0.717, 1.165) is 31.7 Å². The minimum atomic E-state index is -0.298. The second kappa shape index (κ2) is 10.1. The Bertz CT molecular complexity index is 891. The van der Waals surface area contributed by atoms with Crippen LogP contribution < -0.4 is 5.32 Å². The Morgan fingerprint density at radius 2 is 1.93 bits per heavy atom. The van der Waals surface area contributed by atoms with Crippen LogP contribution in [0.4, 0.5) is 0 Å².